The lowest BCUT2D eigenvalue weighted by Gasteiger charge is -2.24. The molecule has 0 aliphatic heterocycles. The van der Waals surface area contributed by atoms with Crippen molar-refractivity contribution in [2.24, 2.45) is 0 Å². The predicted octanol–water partition coefficient (Wildman–Crippen LogP) is 5.59. The summed E-state index contributed by atoms with van der Waals surface area (Å²) in [5.41, 5.74) is 0.644. The summed E-state index contributed by atoms with van der Waals surface area (Å²) in [4.78, 5) is 12.8. The van der Waals surface area contributed by atoms with E-state index in [1.165, 1.54) is 18.2 Å². The van der Waals surface area contributed by atoms with Crippen LogP contribution in [-0.2, 0) is 14.8 Å². The van der Waals surface area contributed by atoms with Crippen LogP contribution in [0.5, 0.6) is 0 Å². The largest absolute Gasteiger partial charge is 0.323 e. The number of nitrogens with one attached hydrogen (secondary N) is 1. The van der Waals surface area contributed by atoms with Gasteiger partial charge in [-0.25, -0.2) is 8.42 Å². The average Bonchev–Trinajstić information content (AvgIpc) is 2.69. The van der Waals surface area contributed by atoms with E-state index in [1.807, 2.05) is 0 Å². The number of anilines is 2. The van der Waals surface area contributed by atoms with Gasteiger partial charge in [-0.05, 0) is 48.5 Å². The maximum atomic E-state index is 13.2. The number of nitrogens with zero attached hydrogens (tertiary/aromatic N) is 1. The molecule has 0 fully saturated rings. The molecule has 0 radical (unpaired) electrons. The van der Waals surface area contributed by atoms with Crippen LogP contribution in [0.15, 0.2) is 82.2 Å². The third-order valence-electron chi connectivity index (χ3n) is 3.92. The molecule has 0 unspecified atom stereocenters. The first-order valence-electron chi connectivity index (χ1n) is 8.35. The van der Waals surface area contributed by atoms with Crippen LogP contribution in [0, 0.1) is 0 Å². The summed E-state index contributed by atoms with van der Waals surface area (Å²) in [5.74, 6) is -0.561. The van der Waals surface area contributed by atoms with Gasteiger partial charge in [0.1, 0.15) is 6.54 Å². The zero-order chi connectivity index (χ0) is 21.0. The quantitative estimate of drug-likeness (QED) is 0.467. The second-order valence-corrected chi connectivity index (χ2v) is 9.60. The van der Waals surface area contributed by atoms with Crippen molar-refractivity contribution in [3.8, 4) is 0 Å². The molecule has 5 nitrogen and oxygen atoms in total. The number of carbonyl (C=O) groups is 1. The number of benzene rings is 3. The lowest BCUT2D eigenvalue weighted by atomic mass is 10.3. The summed E-state index contributed by atoms with van der Waals surface area (Å²) in [6, 6.07) is 19.3. The summed E-state index contributed by atoms with van der Waals surface area (Å²) < 4.78 is 28.2. The van der Waals surface area contributed by atoms with Crippen molar-refractivity contribution in [2.75, 3.05) is 16.2 Å². The molecule has 0 bridgehead atoms. The number of hydrogen-bond acceptors (Lipinski definition) is 3. The van der Waals surface area contributed by atoms with Gasteiger partial charge >= 0.3 is 0 Å². The monoisotopic (exact) mass is 512 g/mol. The molecule has 29 heavy (non-hydrogen) atoms. The lowest BCUT2D eigenvalue weighted by molar-refractivity contribution is -0.114. The molecule has 0 saturated heterocycles. The Morgan fingerprint density at radius 2 is 1.69 bits per heavy atom. The van der Waals surface area contributed by atoms with Crippen LogP contribution < -0.4 is 9.62 Å². The van der Waals surface area contributed by atoms with Gasteiger partial charge in [0.15, 0.2) is 0 Å². The molecule has 0 spiro atoms. The number of halogens is 3. The third kappa shape index (κ3) is 5.30. The van der Waals surface area contributed by atoms with Crippen molar-refractivity contribution in [3.05, 3.63) is 87.3 Å². The van der Waals surface area contributed by atoms with E-state index in [1.54, 1.807) is 54.6 Å². The molecular formula is C20H15BrCl2N2O3S. The van der Waals surface area contributed by atoms with E-state index in [0.717, 1.165) is 4.31 Å². The molecule has 0 saturated carbocycles. The molecule has 3 rings (SSSR count). The van der Waals surface area contributed by atoms with Crippen LogP contribution in [0.1, 0.15) is 0 Å². The van der Waals surface area contributed by atoms with E-state index in [0.29, 0.717) is 25.9 Å². The molecule has 0 heterocycles. The molecule has 0 aromatic heterocycles. The maximum Gasteiger partial charge on any atom is 0.264 e. The molecule has 150 valence electrons. The highest BCUT2D eigenvalue weighted by Crippen LogP contribution is 2.28. The first-order valence-corrected chi connectivity index (χ1v) is 11.3. The third-order valence-corrected chi connectivity index (χ3v) is 6.76. The summed E-state index contributed by atoms with van der Waals surface area (Å²) in [6.45, 7) is -0.448. The maximum absolute atomic E-state index is 13.2. The Balaban J connectivity index is 1.95. The Morgan fingerprint density at radius 1 is 0.966 bits per heavy atom. The van der Waals surface area contributed by atoms with Crippen molar-refractivity contribution in [1.29, 1.82) is 0 Å². The SMILES string of the molecule is O=C(CN(c1cccc(Br)c1)S(=O)(=O)c1ccccc1)Nc1cc(Cl)ccc1Cl. The Labute approximate surface area is 187 Å². The minimum atomic E-state index is -3.98. The normalized spacial score (nSPS) is 11.1. The molecule has 1 amide bonds. The molecule has 3 aromatic rings. The van der Waals surface area contributed by atoms with Gasteiger partial charge in [0, 0.05) is 9.50 Å². The highest BCUT2D eigenvalue weighted by atomic mass is 79.9. The molecule has 0 aliphatic rings. The van der Waals surface area contributed by atoms with Gasteiger partial charge < -0.3 is 5.32 Å². The van der Waals surface area contributed by atoms with Gasteiger partial charge in [-0.15, -0.1) is 0 Å². The number of rotatable bonds is 6. The zero-order valence-corrected chi connectivity index (χ0v) is 18.8. The van der Waals surface area contributed by atoms with E-state index >= 15 is 0 Å². The fourth-order valence-electron chi connectivity index (χ4n) is 2.58. The minimum absolute atomic E-state index is 0.0774. The van der Waals surface area contributed by atoms with Crippen LogP contribution in [0.3, 0.4) is 0 Å². The number of carbonyl (C=O) groups excluding carboxylic acids is 1. The van der Waals surface area contributed by atoms with E-state index in [2.05, 4.69) is 21.2 Å². The van der Waals surface area contributed by atoms with Gasteiger partial charge in [0.2, 0.25) is 5.91 Å². The van der Waals surface area contributed by atoms with Gasteiger partial charge in [-0.2, -0.15) is 0 Å². The van der Waals surface area contributed by atoms with Crippen molar-refractivity contribution in [2.45, 2.75) is 4.90 Å². The highest BCUT2D eigenvalue weighted by molar-refractivity contribution is 9.10. The first-order chi connectivity index (χ1) is 13.8. The Kier molecular flexibility index (Phi) is 6.85. The van der Waals surface area contributed by atoms with Crippen LogP contribution in [-0.4, -0.2) is 20.9 Å². The average molecular weight is 514 g/mol. The second kappa shape index (κ2) is 9.17. The van der Waals surface area contributed by atoms with Crippen molar-refractivity contribution in [1.82, 2.24) is 0 Å². The molecule has 9 heteroatoms. The molecule has 3 aromatic carbocycles. The zero-order valence-electron chi connectivity index (χ0n) is 14.8. The van der Waals surface area contributed by atoms with Crippen molar-refractivity contribution < 1.29 is 13.2 Å². The topological polar surface area (TPSA) is 66.5 Å². The van der Waals surface area contributed by atoms with Crippen LogP contribution in [0.4, 0.5) is 11.4 Å². The summed E-state index contributed by atoms with van der Waals surface area (Å²) in [5, 5.41) is 3.30. The van der Waals surface area contributed by atoms with Gasteiger partial charge in [0.25, 0.3) is 10.0 Å². The molecule has 0 atom stereocenters. The summed E-state index contributed by atoms with van der Waals surface area (Å²) in [7, 11) is -3.98. The van der Waals surface area contributed by atoms with E-state index in [-0.39, 0.29) is 4.90 Å². The van der Waals surface area contributed by atoms with Gasteiger partial charge in [-0.1, -0.05) is 63.4 Å². The van der Waals surface area contributed by atoms with E-state index in [9.17, 15) is 13.2 Å². The van der Waals surface area contributed by atoms with Crippen LogP contribution in [0.25, 0.3) is 0 Å². The first kappa shape index (κ1) is 21.6. The van der Waals surface area contributed by atoms with Gasteiger partial charge in [0.05, 0.1) is 21.3 Å². The lowest BCUT2D eigenvalue weighted by Crippen LogP contribution is -2.38. The Hall–Kier alpha value is -2.06. The van der Waals surface area contributed by atoms with E-state index < -0.39 is 22.5 Å². The van der Waals surface area contributed by atoms with Crippen molar-refractivity contribution in [3.63, 3.8) is 0 Å². The smallest absolute Gasteiger partial charge is 0.264 e. The molecular weight excluding hydrogens is 499 g/mol. The van der Waals surface area contributed by atoms with E-state index in [4.69, 9.17) is 23.2 Å². The number of hydrogen-bond donors (Lipinski definition) is 1. The Morgan fingerprint density at radius 3 is 2.38 bits per heavy atom. The minimum Gasteiger partial charge on any atom is -0.323 e. The van der Waals surface area contributed by atoms with Crippen molar-refractivity contribution >= 4 is 66.4 Å². The Bertz CT molecular complexity index is 1140. The fourth-order valence-corrected chi connectivity index (χ4v) is 4.74. The summed E-state index contributed by atoms with van der Waals surface area (Å²) in [6.07, 6.45) is 0. The molecule has 1 N–H and O–H groups in total. The fraction of sp³-hybridized carbons (Fsp3) is 0.0500. The van der Waals surface area contributed by atoms with Gasteiger partial charge in [-0.3, -0.25) is 9.10 Å². The molecule has 0 aliphatic carbocycles. The standard InChI is InChI=1S/C20H15BrCl2N2O3S/c21-14-5-4-6-16(11-14)25(29(27,28)17-7-2-1-3-8-17)13-20(26)24-19-12-15(22)9-10-18(19)23/h1-12H,13H2,(H,24,26). The number of sulfonamides is 1. The summed E-state index contributed by atoms with van der Waals surface area (Å²) >= 11 is 15.4. The predicted molar refractivity (Wildman–Crippen MR) is 120 cm³/mol. The highest BCUT2D eigenvalue weighted by Gasteiger charge is 2.27. The van der Waals surface area contributed by atoms with Crippen LogP contribution in [0.2, 0.25) is 10.0 Å². The number of amides is 1. The second-order valence-electron chi connectivity index (χ2n) is 5.98. The van der Waals surface area contributed by atoms with Crippen LogP contribution >= 0.6 is 39.1 Å².